The summed E-state index contributed by atoms with van der Waals surface area (Å²) < 4.78 is 7.14. The van der Waals surface area contributed by atoms with E-state index in [4.69, 9.17) is 27.9 Å². The summed E-state index contributed by atoms with van der Waals surface area (Å²) in [5.74, 6) is 0. The summed E-state index contributed by atoms with van der Waals surface area (Å²) in [4.78, 5) is 17.1. The van der Waals surface area contributed by atoms with E-state index in [0.29, 0.717) is 29.0 Å². The minimum atomic E-state index is -0.342. The molecule has 2 saturated heterocycles. The number of morpholine rings is 1. The largest absolute Gasteiger partial charge is 0.373 e. The van der Waals surface area contributed by atoms with Gasteiger partial charge in [-0.3, -0.25) is 9.69 Å². The van der Waals surface area contributed by atoms with Crippen molar-refractivity contribution in [2.24, 2.45) is 0 Å². The number of benzene rings is 1. The van der Waals surface area contributed by atoms with E-state index in [-0.39, 0.29) is 16.7 Å². The van der Waals surface area contributed by atoms with Crippen molar-refractivity contribution in [2.45, 2.75) is 12.1 Å². The lowest BCUT2D eigenvalue weighted by Gasteiger charge is -2.33. The molecule has 0 N–H and O–H groups in total. The number of fused-ring (bicyclic) bond motifs is 1. The molecule has 2 aromatic rings. The van der Waals surface area contributed by atoms with Gasteiger partial charge < -0.3 is 9.64 Å². The molecular weight excluding hydrogens is 363 g/mol. The Balaban J connectivity index is 1.65. The molecule has 0 amide bonds. The van der Waals surface area contributed by atoms with Crippen LogP contribution in [0, 0.1) is 0 Å². The first-order valence-corrected chi connectivity index (χ1v) is 8.91. The molecule has 0 saturated carbocycles. The Hall–Kier alpha value is -1.60. The van der Waals surface area contributed by atoms with Gasteiger partial charge in [-0.15, -0.1) is 0 Å². The minimum Gasteiger partial charge on any atom is -0.373 e. The molecule has 0 aliphatic carbocycles. The fourth-order valence-corrected chi connectivity index (χ4v) is 3.84. The standard InChI is InChI=1S/C17H18Cl2N4O2/c1-21-6-7-25-15-10-22(9-14(15)21)13-8-20-23(17(24)16(13)19)12-4-2-11(18)3-5-12/h2-5,8,14-15H,6-7,9-10H2,1H3. The van der Waals surface area contributed by atoms with Crippen LogP contribution in [0.5, 0.6) is 0 Å². The normalized spacial score (nSPS) is 23.7. The number of halogens is 2. The van der Waals surface area contributed by atoms with Crippen LogP contribution in [-0.2, 0) is 4.74 Å². The lowest BCUT2D eigenvalue weighted by Crippen LogP contribution is -2.48. The molecular formula is C17H18Cl2N4O2. The predicted molar refractivity (Wildman–Crippen MR) is 98.2 cm³/mol. The quantitative estimate of drug-likeness (QED) is 0.797. The first-order valence-electron chi connectivity index (χ1n) is 8.15. The van der Waals surface area contributed by atoms with Crippen molar-refractivity contribution in [3.05, 3.63) is 50.9 Å². The number of nitrogens with zero attached hydrogens (tertiary/aromatic N) is 4. The number of likely N-dealkylation sites (N-methyl/N-ethyl adjacent to an activating group) is 1. The van der Waals surface area contributed by atoms with Gasteiger partial charge in [0.1, 0.15) is 5.02 Å². The molecule has 4 rings (SSSR count). The maximum absolute atomic E-state index is 12.7. The van der Waals surface area contributed by atoms with Crippen molar-refractivity contribution in [3.8, 4) is 5.69 Å². The van der Waals surface area contributed by atoms with E-state index in [0.717, 1.165) is 19.7 Å². The highest BCUT2D eigenvalue weighted by atomic mass is 35.5. The molecule has 0 bridgehead atoms. The molecule has 2 unspecified atom stereocenters. The molecule has 2 aliphatic rings. The van der Waals surface area contributed by atoms with Crippen LogP contribution < -0.4 is 10.5 Å². The van der Waals surface area contributed by atoms with E-state index < -0.39 is 0 Å². The smallest absolute Gasteiger partial charge is 0.292 e. The summed E-state index contributed by atoms with van der Waals surface area (Å²) >= 11 is 12.3. The van der Waals surface area contributed by atoms with Crippen LogP contribution in [0.4, 0.5) is 5.69 Å². The van der Waals surface area contributed by atoms with Crippen molar-refractivity contribution in [2.75, 3.05) is 38.2 Å². The van der Waals surface area contributed by atoms with Crippen molar-refractivity contribution < 1.29 is 4.74 Å². The Morgan fingerprint density at radius 1 is 1.20 bits per heavy atom. The number of hydrogen-bond donors (Lipinski definition) is 0. The van der Waals surface area contributed by atoms with Crippen LogP contribution in [0.15, 0.2) is 35.3 Å². The van der Waals surface area contributed by atoms with Crippen LogP contribution in [-0.4, -0.2) is 60.1 Å². The highest BCUT2D eigenvalue weighted by Crippen LogP contribution is 2.29. The molecule has 0 radical (unpaired) electrons. The predicted octanol–water partition coefficient (Wildman–Crippen LogP) is 2.06. The second-order valence-electron chi connectivity index (χ2n) is 6.40. The van der Waals surface area contributed by atoms with Gasteiger partial charge in [0.15, 0.2) is 0 Å². The van der Waals surface area contributed by atoms with Crippen molar-refractivity contribution in [3.63, 3.8) is 0 Å². The van der Waals surface area contributed by atoms with Crippen LogP contribution in [0.25, 0.3) is 5.69 Å². The zero-order chi connectivity index (χ0) is 17.6. The Morgan fingerprint density at radius 3 is 2.68 bits per heavy atom. The SMILES string of the molecule is CN1CCOC2CN(c3cnn(-c4ccc(Cl)cc4)c(=O)c3Cl)CC21. The second kappa shape index (κ2) is 6.61. The molecule has 0 spiro atoms. The van der Waals surface area contributed by atoms with Gasteiger partial charge in [0.2, 0.25) is 0 Å². The fraction of sp³-hybridized carbons (Fsp3) is 0.412. The average molecular weight is 381 g/mol. The summed E-state index contributed by atoms with van der Waals surface area (Å²) in [5, 5.41) is 5.07. The van der Waals surface area contributed by atoms with Gasteiger partial charge in [-0.1, -0.05) is 23.2 Å². The van der Waals surface area contributed by atoms with Crippen LogP contribution in [0.3, 0.4) is 0 Å². The van der Waals surface area contributed by atoms with Gasteiger partial charge in [-0.05, 0) is 31.3 Å². The van der Waals surface area contributed by atoms with Crippen molar-refractivity contribution in [1.82, 2.24) is 14.7 Å². The zero-order valence-corrected chi connectivity index (χ0v) is 15.2. The maximum Gasteiger partial charge on any atom is 0.292 e. The third kappa shape index (κ3) is 3.04. The molecule has 2 atom stereocenters. The van der Waals surface area contributed by atoms with Crippen molar-refractivity contribution in [1.29, 1.82) is 0 Å². The maximum atomic E-state index is 12.7. The number of hydrogen-bond acceptors (Lipinski definition) is 5. The van der Waals surface area contributed by atoms with Crippen LogP contribution >= 0.6 is 23.2 Å². The molecule has 1 aromatic carbocycles. The Labute approximate surface area is 155 Å². The van der Waals surface area contributed by atoms with E-state index in [1.54, 1.807) is 30.5 Å². The summed E-state index contributed by atoms with van der Waals surface area (Å²) in [6.07, 6.45) is 1.78. The third-order valence-electron chi connectivity index (χ3n) is 4.89. The molecule has 2 fully saturated rings. The topological polar surface area (TPSA) is 50.6 Å². The van der Waals surface area contributed by atoms with Crippen LogP contribution in [0.1, 0.15) is 0 Å². The summed E-state index contributed by atoms with van der Waals surface area (Å²) in [6, 6.07) is 7.21. The van der Waals surface area contributed by atoms with Gasteiger partial charge in [0, 0.05) is 24.7 Å². The molecule has 3 heterocycles. The number of ether oxygens (including phenoxy) is 1. The van der Waals surface area contributed by atoms with Gasteiger partial charge >= 0.3 is 0 Å². The first kappa shape index (κ1) is 16.8. The molecule has 132 valence electrons. The van der Waals surface area contributed by atoms with Crippen molar-refractivity contribution >= 4 is 28.9 Å². The zero-order valence-electron chi connectivity index (χ0n) is 13.7. The molecule has 2 aliphatic heterocycles. The average Bonchev–Trinajstić information content (AvgIpc) is 3.04. The number of aromatic nitrogens is 2. The van der Waals surface area contributed by atoms with Gasteiger partial charge in [-0.2, -0.15) is 9.78 Å². The lowest BCUT2D eigenvalue weighted by molar-refractivity contribution is -0.0362. The van der Waals surface area contributed by atoms with E-state index in [1.165, 1.54) is 4.68 Å². The summed E-state index contributed by atoms with van der Waals surface area (Å²) in [5.41, 5.74) is 0.940. The minimum absolute atomic E-state index is 0.133. The van der Waals surface area contributed by atoms with E-state index in [2.05, 4.69) is 21.9 Å². The monoisotopic (exact) mass is 380 g/mol. The van der Waals surface area contributed by atoms with Gasteiger partial charge in [0.05, 0.1) is 36.3 Å². The molecule has 25 heavy (non-hydrogen) atoms. The number of anilines is 1. The lowest BCUT2D eigenvalue weighted by atomic mass is 10.1. The second-order valence-corrected chi connectivity index (χ2v) is 7.21. The Kier molecular flexibility index (Phi) is 4.45. The van der Waals surface area contributed by atoms with E-state index in [9.17, 15) is 4.79 Å². The molecule has 8 heteroatoms. The highest BCUT2D eigenvalue weighted by molar-refractivity contribution is 6.33. The Bertz CT molecular complexity index is 840. The number of rotatable bonds is 2. The van der Waals surface area contributed by atoms with Gasteiger partial charge in [-0.25, -0.2) is 0 Å². The third-order valence-corrected chi connectivity index (χ3v) is 5.50. The molecule has 6 nitrogen and oxygen atoms in total. The molecule has 1 aromatic heterocycles. The first-order chi connectivity index (χ1) is 12.0. The van der Waals surface area contributed by atoms with E-state index in [1.807, 2.05) is 0 Å². The summed E-state index contributed by atoms with van der Waals surface area (Å²) in [7, 11) is 2.10. The van der Waals surface area contributed by atoms with E-state index >= 15 is 0 Å². The van der Waals surface area contributed by atoms with Gasteiger partial charge in [0.25, 0.3) is 5.56 Å². The Morgan fingerprint density at radius 2 is 1.96 bits per heavy atom. The highest BCUT2D eigenvalue weighted by Gasteiger charge is 2.39. The fourth-order valence-electron chi connectivity index (χ4n) is 3.47. The van der Waals surface area contributed by atoms with Crippen LogP contribution in [0.2, 0.25) is 10.0 Å². The summed E-state index contributed by atoms with van der Waals surface area (Å²) in [6.45, 7) is 3.13.